The van der Waals surface area contributed by atoms with Crippen LogP contribution in [-0.4, -0.2) is 20.2 Å². The lowest BCUT2D eigenvalue weighted by Gasteiger charge is -2.22. The molecule has 0 N–H and O–H groups in total. The van der Waals surface area contributed by atoms with E-state index in [2.05, 4.69) is 0 Å². The molecule has 0 aliphatic heterocycles. The monoisotopic (exact) mass is 246 g/mol. The summed E-state index contributed by atoms with van der Waals surface area (Å²) < 4.78 is 17.9. The number of benzene rings is 1. The molecular weight excluding hydrogens is 235 g/mol. The van der Waals surface area contributed by atoms with Gasteiger partial charge in [0.25, 0.3) is 8.32 Å². The van der Waals surface area contributed by atoms with Crippen LogP contribution in [0.25, 0.3) is 0 Å². The summed E-state index contributed by atoms with van der Waals surface area (Å²) >= 11 is 5.36. The summed E-state index contributed by atoms with van der Waals surface area (Å²) in [5.41, 5.74) is 0. The zero-order valence-corrected chi connectivity index (χ0v) is 10.3. The third-order valence-corrected chi connectivity index (χ3v) is 4.70. The van der Waals surface area contributed by atoms with Crippen molar-refractivity contribution in [3.63, 3.8) is 0 Å². The molecule has 1 aromatic carbocycles. The molecule has 15 heavy (non-hydrogen) atoms. The Bertz CT molecular complexity index is 351. The Labute approximate surface area is 94.1 Å². The first-order chi connectivity index (χ1) is 6.95. The van der Waals surface area contributed by atoms with Crippen LogP contribution in [0.15, 0.2) is 24.3 Å². The molecule has 5 heteroatoms. The van der Waals surface area contributed by atoms with Crippen molar-refractivity contribution < 1.29 is 13.6 Å². The molecule has 0 saturated heterocycles. The predicted molar refractivity (Wildman–Crippen MR) is 60.3 cm³/mol. The minimum absolute atomic E-state index is 0.155. The van der Waals surface area contributed by atoms with Gasteiger partial charge in [0, 0.05) is 0 Å². The van der Waals surface area contributed by atoms with Crippen molar-refractivity contribution in [1.82, 2.24) is 0 Å². The Morgan fingerprint density at radius 3 is 2.40 bits per heavy atom. The van der Waals surface area contributed by atoms with Gasteiger partial charge in [-0.1, -0.05) is 12.1 Å². The fourth-order valence-electron chi connectivity index (χ4n) is 1.22. The summed E-state index contributed by atoms with van der Waals surface area (Å²) in [4.78, 5) is 11.1. The van der Waals surface area contributed by atoms with Crippen molar-refractivity contribution in [1.29, 1.82) is 0 Å². The van der Waals surface area contributed by atoms with Gasteiger partial charge in [0.1, 0.15) is 11.7 Å². The zero-order valence-electron chi connectivity index (χ0n) is 8.59. The Balaban J connectivity index is 2.85. The lowest BCUT2D eigenvalue weighted by atomic mass is 10.3. The summed E-state index contributed by atoms with van der Waals surface area (Å²) in [6, 6.07) is 6.00. The van der Waals surface area contributed by atoms with E-state index in [4.69, 9.17) is 16.0 Å². The molecule has 0 spiro atoms. The number of carbonyl (C=O) groups excluding carboxylic acids is 1. The van der Waals surface area contributed by atoms with Gasteiger partial charge in [-0.05, 0) is 30.4 Å². The summed E-state index contributed by atoms with van der Waals surface area (Å²) in [7, 11) is -2.29. The van der Waals surface area contributed by atoms with Crippen molar-refractivity contribution in [2.75, 3.05) is 5.88 Å². The van der Waals surface area contributed by atoms with Crippen LogP contribution in [0, 0.1) is 5.82 Å². The molecule has 0 aliphatic carbocycles. The molecule has 0 atom stereocenters. The smallest absolute Gasteiger partial charge is 0.307 e. The topological polar surface area (TPSA) is 26.3 Å². The van der Waals surface area contributed by atoms with Gasteiger partial charge in [-0.15, -0.1) is 11.6 Å². The Kier molecular flexibility index (Phi) is 3.88. The van der Waals surface area contributed by atoms with Crippen LogP contribution >= 0.6 is 11.6 Å². The number of carbonyl (C=O) groups is 1. The van der Waals surface area contributed by atoms with Crippen molar-refractivity contribution in [2.24, 2.45) is 0 Å². The van der Waals surface area contributed by atoms with E-state index in [1.54, 1.807) is 12.1 Å². The normalized spacial score (nSPS) is 11.2. The maximum absolute atomic E-state index is 12.7. The number of alkyl halides is 1. The van der Waals surface area contributed by atoms with Gasteiger partial charge in [0.05, 0.1) is 0 Å². The molecule has 0 radical (unpaired) electrons. The van der Waals surface area contributed by atoms with E-state index in [1.807, 2.05) is 13.1 Å². The minimum atomic E-state index is -2.29. The molecule has 0 fully saturated rings. The maximum Gasteiger partial charge on any atom is 0.307 e. The summed E-state index contributed by atoms with van der Waals surface area (Å²) in [6.45, 7) is 3.73. The van der Waals surface area contributed by atoms with Crippen LogP contribution in [0.1, 0.15) is 0 Å². The first-order valence-electron chi connectivity index (χ1n) is 4.49. The molecule has 0 aliphatic rings. The average Bonchev–Trinajstić information content (AvgIpc) is 2.17. The molecular formula is C10H12ClFO2Si. The standard InChI is InChI=1S/C10H12ClFO2Si/c1-15(2,14-10(13)7-11)9-5-3-8(12)4-6-9/h3-6H,7H2,1-2H3. The third kappa shape index (κ3) is 3.32. The summed E-state index contributed by atoms with van der Waals surface area (Å²) in [5.74, 6) is -0.887. The molecule has 0 heterocycles. The van der Waals surface area contributed by atoms with Crippen molar-refractivity contribution in [3.8, 4) is 0 Å². The number of hydrogen-bond donors (Lipinski definition) is 0. The molecule has 1 aromatic rings. The highest BCUT2D eigenvalue weighted by molar-refractivity contribution is 6.85. The Morgan fingerprint density at radius 2 is 1.93 bits per heavy atom. The van der Waals surface area contributed by atoms with E-state index >= 15 is 0 Å². The fourth-order valence-corrected chi connectivity index (χ4v) is 3.10. The lowest BCUT2D eigenvalue weighted by Crippen LogP contribution is -2.46. The molecule has 82 valence electrons. The van der Waals surface area contributed by atoms with Crippen LogP contribution in [0.2, 0.25) is 13.1 Å². The van der Waals surface area contributed by atoms with Gasteiger partial charge >= 0.3 is 5.97 Å². The van der Waals surface area contributed by atoms with E-state index in [0.717, 1.165) is 5.19 Å². The molecule has 0 saturated carbocycles. The highest BCUT2D eigenvalue weighted by atomic mass is 35.5. The highest BCUT2D eigenvalue weighted by Gasteiger charge is 2.29. The van der Waals surface area contributed by atoms with Gasteiger partial charge in [-0.25, -0.2) is 4.39 Å². The van der Waals surface area contributed by atoms with Gasteiger partial charge in [0.15, 0.2) is 0 Å². The second kappa shape index (κ2) is 4.77. The van der Waals surface area contributed by atoms with E-state index < -0.39 is 14.3 Å². The van der Waals surface area contributed by atoms with Gasteiger partial charge in [-0.2, -0.15) is 0 Å². The van der Waals surface area contributed by atoms with E-state index in [9.17, 15) is 9.18 Å². The second-order valence-corrected chi connectivity index (χ2v) is 7.69. The predicted octanol–water partition coefficient (Wildman–Crippen LogP) is 2.02. The minimum Gasteiger partial charge on any atom is -0.514 e. The van der Waals surface area contributed by atoms with Crippen LogP contribution in [-0.2, 0) is 9.22 Å². The number of halogens is 2. The molecule has 0 amide bonds. The number of hydrogen-bond acceptors (Lipinski definition) is 2. The molecule has 0 aromatic heterocycles. The van der Waals surface area contributed by atoms with Gasteiger partial charge in [-0.3, -0.25) is 4.79 Å². The van der Waals surface area contributed by atoms with E-state index in [-0.39, 0.29) is 11.7 Å². The third-order valence-electron chi connectivity index (χ3n) is 2.02. The zero-order chi connectivity index (χ0) is 11.5. The molecule has 2 nitrogen and oxygen atoms in total. The molecule has 0 bridgehead atoms. The lowest BCUT2D eigenvalue weighted by molar-refractivity contribution is -0.132. The largest absolute Gasteiger partial charge is 0.514 e. The first kappa shape index (κ1) is 12.2. The Hall–Kier alpha value is -0.873. The fraction of sp³-hybridized carbons (Fsp3) is 0.300. The van der Waals surface area contributed by atoms with Crippen LogP contribution in [0.5, 0.6) is 0 Å². The SMILES string of the molecule is C[Si](C)(OC(=O)CCl)c1ccc(F)cc1. The van der Waals surface area contributed by atoms with Crippen molar-refractivity contribution >= 4 is 31.1 Å². The maximum atomic E-state index is 12.7. The van der Waals surface area contributed by atoms with Crippen molar-refractivity contribution in [2.45, 2.75) is 13.1 Å². The Morgan fingerprint density at radius 1 is 1.40 bits per heavy atom. The van der Waals surface area contributed by atoms with Crippen LogP contribution in [0.3, 0.4) is 0 Å². The van der Waals surface area contributed by atoms with Gasteiger partial charge < -0.3 is 4.43 Å². The van der Waals surface area contributed by atoms with Gasteiger partial charge in [0.2, 0.25) is 0 Å². The van der Waals surface area contributed by atoms with E-state index in [1.165, 1.54) is 12.1 Å². The first-order valence-corrected chi connectivity index (χ1v) is 7.94. The van der Waals surface area contributed by atoms with Crippen LogP contribution in [0.4, 0.5) is 4.39 Å². The quantitative estimate of drug-likeness (QED) is 0.603. The summed E-state index contributed by atoms with van der Waals surface area (Å²) in [6.07, 6.45) is 0. The number of rotatable bonds is 3. The molecule has 1 rings (SSSR count). The highest BCUT2D eigenvalue weighted by Crippen LogP contribution is 2.07. The second-order valence-electron chi connectivity index (χ2n) is 3.62. The van der Waals surface area contributed by atoms with Crippen molar-refractivity contribution in [3.05, 3.63) is 30.1 Å². The average molecular weight is 247 g/mol. The van der Waals surface area contributed by atoms with E-state index in [0.29, 0.717) is 0 Å². The summed E-state index contributed by atoms with van der Waals surface area (Å²) in [5, 5.41) is 0.863. The van der Waals surface area contributed by atoms with Crippen LogP contribution < -0.4 is 5.19 Å². The molecule has 0 unspecified atom stereocenters.